The fourth-order valence-corrected chi connectivity index (χ4v) is 4.54. The molecule has 0 unspecified atom stereocenters. The van der Waals surface area contributed by atoms with Crippen LogP contribution in [0.5, 0.6) is 0 Å². The SMILES string of the molecule is CCc1ccc(N2C(=O)/C(=C/c3cn(Cc4ccccc4F)c4ccccc34)C(=O)NC2=S)cc1. The summed E-state index contributed by atoms with van der Waals surface area (Å²) in [4.78, 5) is 27.6. The standard InChI is InChI=1S/C28H22FN3O2S/c1-2-18-11-13-21(14-12-18)32-27(34)23(26(33)30-28(32)35)15-20-17-31(25-10-6-4-8-22(20)25)16-19-7-3-5-9-24(19)29/h3-15,17H,2,16H2,1H3,(H,30,33,35)/b23-15+. The second-order valence-corrected chi connectivity index (χ2v) is 8.69. The molecule has 0 aliphatic carbocycles. The Morgan fingerprint density at radius 3 is 2.43 bits per heavy atom. The molecule has 4 aromatic rings. The normalized spacial score (nSPS) is 15.2. The highest BCUT2D eigenvalue weighted by Crippen LogP contribution is 2.27. The maximum atomic E-state index is 14.3. The molecular weight excluding hydrogens is 461 g/mol. The van der Waals surface area contributed by atoms with Gasteiger partial charge in [0.2, 0.25) is 0 Å². The molecule has 1 aliphatic rings. The summed E-state index contributed by atoms with van der Waals surface area (Å²) in [6, 6.07) is 21.7. The number of amides is 2. The number of thiocarbonyl (C=S) groups is 1. The third-order valence-corrected chi connectivity index (χ3v) is 6.41. The summed E-state index contributed by atoms with van der Waals surface area (Å²) in [5.74, 6) is -1.33. The smallest absolute Gasteiger partial charge is 0.270 e. The molecule has 7 heteroatoms. The Labute approximate surface area is 207 Å². The molecule has 1 fully saturated rings. The number of carbonyl (C=O) groups excluding carboxylic acids is 2. The van der Waals surface area contributed by atoms with Crippen molar-refractivity contribution in [2.75, 3.05) is 4.90 Å². The highest BCUT2D eigenvalue weighted by molar-refractivity contribution is 7.80. The van der Waals surface area contributed by atoms with E-state index in [1.165, 1.54) is 11.0 Å². The molecule has 2 amide bonds. The van der Waals surface area contributed by atoms with Crippen LogP contribution < -0.4 is 10.2 Å². The Bertz CT molecular complexity index is 1500. The molecule has 1 aromatic heterocycles. The lowest BCUT2D eigenvalue weighted by atomic mass is 10.1. The zero-order valence-corrected chi connectivity index (χ0v) is 19.8. The van der Waals surface area contributed by atoms with Crippen molar-refractivity contribution in [3.8, 4) is 0 Å². The van der Waals surface area contributed by atoms with E-state index in [0.717, 1.165) is 22.9 Å². The van der Waals surface area contributed by atoms with Gasteiger partial charge in [-0.25, -0.2) is 4.39 Å². The lowest BCUT2D eigenvalue weighted by Crippen LogP contribution is -2.54. The fourth-order valence-electron chi connectivity index (χ4n) is 4.26. The van der Waals surface area contributed by atoms with Gasteiger partial charge in [0, 0.05) is 28.2 Å². The monoisotopic (exact) mass is 483 g/mol. The minimum atomic E-state index is -0.549. The third kappa shape index (κ3) is 4.26. The topological polar surface area (TPSA) is 54.3 Å². The highest BCUT2D eigenvalue weighted by Gasteiger charge is 2.34. The third-order valence-electron chi connectivity index (χ3n) is 6.12. The van der Waals surface area contributed by atoms with Crippen molar-refractivity contribution >= 4 is 51.8 Å². The zero-order valence-electron chi connectivity index (χ0n) is 19.0. The number of aryl methyl sites for hydroxylation is 1. The molecule has 0 atom stereocenters. The van der Waals surface area contributed by atoms with Gasteiger partial charge in [-0.05, 0) is 54.5 Å². The summed E-state index contributed by atoms with van der Waals surface area (Å²) >= 11 is 5.31. The molecule has 5 nitrogen and oxygen atoms in total. The number of anilines is 1. The van der Waals surface area contributed by atoms with Gasteiger partial charge in [-0.3, -0.25) is 19.8 Å². The molecule has 1 N–H and O–H groups in total. The number of hydrogen-bond donors (Lipinski definition) is 1. The van der Waals surface area contributed by atoms with Crippen LogP contribution in [0.1, 0.15) is 23.6 Å². The van der Waals surface area contributed by atoms with E-state index in [0.29, 0.717) is 23.4 Å². The molecule has 174 valence electrons. The van der Waals surface area contributed by atoms with Crippen molar-refractivity contribution in [1.82, 2.24) is 9.88 Å². The van der Waals surface area contributed by atoms with Crippen molar-refractivity contribution < 1.29 is 14.0 Å². The van der Waals surface area contributed by atoms with Crippen LogP contribution in [0, 0.1) is 5.82 Å². The largest absolute Gasteiger partial charge is 0.342 e. The number of halogens is 1. The zero-order chi connectivity index (χ0) is 24.5. The molecule has 0 spiro atoms. The van der Waals surface area contributed by atoms with Crippen molar-refractivity contribution in [3.05, 3.63) is 107 Å². The number of para-hydroxylation sites is 1. The molecule has 5 rings (SSSR count). The van der Waals surface area contributed by atoms with Crippen molar-refractivity contribution in [2.45, 2.75) is 19.9 Å². The Kier molecular flexibility index (Phi) is 6.01. The molecule has 3 aromatic carbocycles. The van der Waals surface area contributed by atoms with Crippen LogP contribution in [0.3, 0.4) is 0 Å². The van der Waals surface area contributed by atoms with Gasteiger partial charge in [0.05, 0.1) is 12.2 Å². The van der Waals surface area contributed by atoms with Gasteiger partial charge < -0.3 is 4.57 Å². The average molecular weight is 484 g/mol. The predicted molar refractivity (Wildman–Crippen MR) is 139 cm³/mol. The average Bonchev–Trinajstić information content (AvgIpc) is 3.20. The summed E-state index contributed by atoms with van der Waals surface area (Å²) in [5, 5.41) is 3.53. The lowest BCUT2D eigenvalue weighted by Gasteiger charge is -2.29. The highest BCUT2D eigenvalue weighted by atomic mass is 32.1. The fraction of sp³-hybridized carbons (Fsp3) is 0.107. The van der Waals surface area contributed by atoms with Crippen LogP contribution in [0.25, 0.3) is 17.0 Å². The first kappa shape index (κ1) is 22.7. The van der Waals surface area contributed by atoms with Crippen molar-refractivity contribution in [3.63, 3.8) is 0 Å². The summed E-state index contributed by atoms with van der Waals surface area (Å²) in [5.41, 5.74) is 3.80. The first-order valence-electron chi connectivity index (χ1n) is 11.3. The minimum Gasteiger partial charge on any atom is -0.342 e. The van der Waals surface area contributed by atoms with Crippen LogP contribution in [0.4, 0.5) is 10.1 Å². The van der Waals surface area contributed by atoms with E-state index >= 15 is 0 Å². The maximum Gasteiger partial charge on any atom is 0.270 e. The van der Waals surface area contributed by atoms with Gasteiger partial charge in [0.1, 0.15) is 11.4 Å². The molecule has 1 aliphatic heterocycles. The summed E-state index contributed by atoms with van der Waals surface area (Å²) < 4.78 is 16.2. The Balaban J connectivity index is 1.56. The van der Waals surface area contributed by atoms with Crippen molar-refractivity contribution in [2.24, 2.45) is 0 Å². The van der Waals surface area contributed by atoms with Crippen LogP contribution in [0.2, 0.25) is 0 Å². The van der Waals surface area contributed by atoms with Gasteiger partial charge in [-0.15, -0.1) is 0 Å². The number of nitrogens with zero attached hydrogens (tertiary/aromatic N) is 2. The Morgan fingerprint density at radius 1 is 0.971 bits per heavy atom. The van der Waals surface area contributed by atoms with E-state index in [4.69, 9.17) is 12.2 Å². The van der Waals surface area contributed by atoms with Crippen molar-refractivity contribution in [1.29, 1.82) is 0 Å². The maximum absolute atomic E-state index is 14.3. The van der Waals surface area contributed by atoms with Crippen LogP contribution in [0.15, 0.2) is 84.6 Å². The number of aromatic nitrogens is 1. The summed E-state index contributed by atoms with van der Waals surface area (Å²) in [6.07, 6.45) is 4.28. The minimum absolute atomic E-state index is 0.0213. The molecule has 0 saturated carbocycles. The van der Waals surface area contributed by atoms with Crippen LogP contribution >= 0.6 is 12.2 Å². The number of rotatable bonds is 5. The van der Waals surface area contributed by atoms with E-state index in [9.17, 15) is 14.0 Å². The van der Waals surface area contributed by atoms with E-state index in [1.54, 1.807) is 24.3 Å². The van der Waals surface area contributed by atoms with Crippen LogP contribution in [-0.4, -0.2) is 21.5 Å². The molecule has 35 heavy (non-hydrogen) atoms. The summed E-state index contributed by atoms with van der Waals surface area (Å²) in [6.45, 7) is 2.37. The van der Waals surface area contributed by atoms with Gasteiger partial charge in [0.15, 0.2) is 5.11 Å². The first-order valence-corrected chi connectivity index (χ1v) is 11.7. The molecule has 1 saturated heterocycles. The second kappa shape index (κ2) is 9.27. The van der Waals surface area contributed by atoms with E-state index < -0.39 is 11.8 Å². The Hall–Kier alpha value is -4.10. The van der Waals surface area contributed by atoms with E-state index in [1.807, 2.05) is 59.3 Å². The molecular formula is C28H22FN3O2S. The number of carbonyl (C=O) groups is 2. The molecule has 0 bridgehead atoms. The number of nitrogens with one attached hydrogen (secondary N) is 1. The van der Waals surface area contributed by atoms with E-state index in [-0.39, 0.29) is 16.5 Å². The van der Waals surface area contributed by atoms with Gasteiger partial charge in [-0.2, -0.15) is 0 Å². The predicted octanol–water partition coefficient (Wildman–Crippen LogP) is 5.22. The quantitative estimate of drug-likeness (QED) is 0.241. The second-order valence-electron chi connectivity index (χ2n) is 8.30. The van der Waals surface area contributed by atoms with Gasteiger partial charge in [0.25, 0.3) is 11.8 Å². The lowest BCUT2D eigenvalue weighted by molar-refractivity contribution is -0.122. The number of hydrogen-bond acceptors (Lipinski definition) is 3. The van der Waals surface area contributed by atoms with Crippen LogP contribution in [-0.2, 0) is 22.6 Å². The number of fused-ring (bicyclic) bond motifs is 1. The Morgan fingerprint density at radius 2 is 1.69 bits per heavy atom. The van der Waals surface area contributed by atoms with E-state index in [2.05, 4.69) is 12.2 Å². The molecule has 2 heterocycles. The van der Waals surface area contributed by atoms with Gasteiger partial charge >= 0.3 is 0 Å². The molecule has 0 radical (unpaired) electrons. The first-order chi connectivity index (χ1) is 17.0. The summed E-state index contributed by atoms with van der Waals surface area (Å²) in [7, 11) is 0. The van der Waals surface area contributed by atoms with Gasteiger partial charge in [-0.1, -0.05) is 55.5 Å². The number of benzene rings is 3.